The van der Waals surface area contributed by atoms with Crippen LogP contribution < -0.4 is 15.4 Å². The molecule has 27 heavy (non-hydrogen) atoms. The molecule has 3 amide bonds. The van der Waals surface area contributed by atoms with E-state index in [9.17, 15) is 14.4 Å². The van der Waals surface area contributed by atoms with Gasteiger partial charge in [0.05, 0.1) is 24.5 Å². The Morgan fingerprint density at radius 3 is 2.52 bits per heavy atom. The van der Waals surface area contributed by atoms with Gasteiger partial charge in [0.1, 0.15) is 12.4 Å². The van der Waals surface area contributed by atoms with Crippen LogP contribution in [0.4, 0.5) is 0 Å². The summed E-state index contributed by atoms with van der Waals surface area (Å²) in [6, 6.07) is 10.8. The molecular formula is C18H20BrN3O4S. The van der Waals surface area contributed by atoms with Crippen molar-refractivity contribution < 1.29 is 19.1 Å². The Morgan fingerprint density at radius 2 is 1.85 bits per heavy atom. The summed E-state index contributed by atoms with van der Waals surface area (Å²) in [5, 5.41) is 6.78. The van der Waals surface area contributed by atoms with Gasteiger partial charge in [-0.25, -0.2) is 0 Å². The van der Waals surface area contributed by atoms with Crippen molar-refractivity contribution >= 4 is 45.0 Å². The minimum Gasteiger partial charge on any atom is -0.492 e. The van der Waals surface area contributed by atoms with Crippen LogP contribution >= 0.6 is 27.3 Å². The Labute approximate surface area is 169 Å². The first-order valence-electron chi connectivity index (χ1n) is 8.16. The van der Waals surface area contributed by atoms with Crippen LogP contribution in [0.3, 0.4) is 0 Å². The number of hydrogen-bond donors (Lipinski definition) is 2. The van der Waals surface area contributed by atoms with Crippen molar-refractivity contribution in [3.05, 3.63) is 51.1 Å². The van der Waals surface area contributed by atoms with Gasteiger partial charge in [-0.05, 0) is 35.7 Å². The number of thiophene rings is 1. The number of carbonyl (C=O) groups is 3. The van der Waals surface area contributed by atoms with Gasteiger partial charge < -0.3 is 20.3 Å². The van der Waals surface area contributed by atoms with E-state index in [1.807, 2.05) is 24.3 Å². The third-order valence-corrected chi connectivity index (χ3v) is 4.92. The van der Waals surface area contributed by atoms with Crippen molar-refractivity contribution in [1.29, 1.82) is 0 Å². The van der Waals surface area contributed by atoms with E-state index < -0.39 is 5.91 Å². The van der Waals surface area contributed by atoms with Gasteiger partial charge in [-0.3, -0.25) is 14.4 Å². The highest BCUT2D eigenvalue weighted by Gasteiger charge is 2.12. The lowest BCUT2D eigenvalue weighted by Gasteiger charge is -2.18. The number of hydrogen-bond acceptors (Lipinski definition) is 5. The predicted octanol–water partition coefficient (Wildman–Crippen LogP) is 1.89. The van der Waals surface area contributed by atoms with Gasteiger partial charge in [-0.2, -0.15) is 0 Å². The van der Waals surface area contributed by atoms with Crippen LogP contribution in [0.5, 0.6) is 5.75 Å². The van der Waals surface area contributed by atoms with E-state index in [-0.39, 0.29) is 24.9 Å². The first-order chi connectivity index (χ1) is 13.0. The number of nitrogens with one attached hydrogen (secondary N) is 2. The molecule has 0 saturated carbocycles. The Balaban J connectivity index is 1.61. The van der Waals surface area contributed by atoms with Crippen LogP contribution in [0.15, 0.2) is 46.3 Å². The summed E-state index contributed by atoms with van der Waals surface area (Å²) in [5.74, 6) is -0.261. The highest BCUT2D eigenvalue weighted by Crippen LogP contribution is 2.15. The molecule has 144 valence electrons. The van der Waals surface area contributed by atoms with E-state index >= 15 is 0 Å². The van der Waals surface area contributed by atoms with Gasteiger partial charge in [0.25, 0.3) is 5.91 Å². The number of halogens is 1. The molecule has 0 atom stereocenters. The third-order valence-electron chi connectivity index (χ3n) is 3.53. The van der Waals surface area contributed by atoms with Crippen LogP contribution in [0, 0.1) is 0 Å². The quantitative estimate of drug-likeness (QED) is 0.606. The maximum absolute atomic E-state index is 12.0. The van der Waals surface area contributed by atoms with Crippen molar-refractivity contribution in [2.75, 3.05) is 33.3 Å². The molecule has 0 aliphatic heterocycles. The van der Waals surface area contributed by atoms with Crippen LogP contribution in [-0.4, -0.2) is 55.9 Å². The Kier molecular flexibility index (Phi) is 8.28. The van der Waals surface area contributed by atoms with Crippen molar-refractivity contribution in [3.63, 3.8) is 0 Å². The van der Waals surface area contributed by atoms with Crippen molar-refractivity contribution in [2.45, 2.75) is 0 Å². The normalized spacial score (nSPS) is 10.1. The highest BCUT2D eigenvalue weighted by molar-refractivity contribution is 9.10. The second kappa shape index (κ2) is 10.7. The summed E-state index contributed by atoms with van der Waals surface area (Å²) in [4.78, 5) is 37.5. The van der Waals surface area contributed by atoms with Gasteiger partial charge >= 0.3 is 0 Å². The lowest BCUT2D eigenvalue weighted by atomic mass is 10.3. The van der Waals surface area contributed by atoms with E-state index in [2.05, 4.69) is 26.6 Å². The second-order valence-electron chi connectivity index (χ2n) is 5.55. The first-order valence-corrected chi connectivity index (χ1v) is 9.83. The highest BCUT2D eigenvalue weighted by atomic mass is 79.9. The van der Waals surface area contributed by atoms with Gasteiger partial charge in [-0.15, -0.1) is 11.3 Å². The molecular weight excluding hydrogens is 434 g/mol. The first kappa shape index (κ1) is 20.9. The molecule has 0 saturated heterocycles. The van der Waals surface area contributed by atoms with E-state index in [0.717, 1.165) is 4.47 Å². The summed E-state index contributed by atoms with van der Waals surface area (Å²) >= 11 is 4.64. The molecule has 2 rings (SSSR count). The molecule has 7 nitrogen and oxygen atoms in total. The molecule has 0 aliphatic carbocycles. The molecule has 1 heterocycles. The molecule has 1 aromatic heterocycles. The lowest BCUT2D eigenvalue weighted by Crippen LogP contribution is -2.43. The summed E-state index contributed by atoms with van der Waals surface area (Å²) in [6.07, 6.45) is 0. The summed E-state index contributed by atoms with van der Waals surface area (Å²) in [7, 11) is 1.64. The summed E-state index contributed by atoms with van der Waals surface area (Å²) in [6.45, 7) is 0.414. The van der Waals surface area contributed by atoms with Crippen molar-refractivity contribution in [3.8, 4) is 5.75 Å². The average Bonchev–Trinajstić information content (AvgIpc) is 3.20. The third kappa shape index (κ3) is 7.40. The molecule has 0 unspecified atom stereocenters. The van der Waals surface area contributed by atoms with Crippen molar-refractivity contribution in [1.82, 2.24) is 15.5 Å². The van der Waals surface area contributed by atoms with Crippen LogP contribution in [-0.2, 0) is 9.59 Å². The number of rotatable bonds is 9. The van der Waals surface area contributed by atoms with Crippen LogP contribution in [0.25, 0.3) is 0 Å². The minimum absolute atomic E-state index is 0.136. The van der Waals surface area contributed by atoms with Gasteiger partial charge in [0.2, 0.25) is 11.8 Å². The predicted molar refractivity (Wildman–Crippen MR) is 107 cm³/mol. The topological polar surface area (TPSA) is 87.7 Å². The zero-order valence-corrected chi connectivity index (χ0v) is 17.1. The number of carbonyl (C=O) groups excluding carboxylic acids is 3. The van der Waals surface area contributed by atoms with Gasteiger partial charge in [0.15, 0.2) is 0 Å². The SMILES string of the molecule is CN(CCOc1ccc(Br)cc1)C(=O)CNC(=O)CNC(=O)c1cccs1. The molecule has 9 heteroatoms. The molecule has 0 radical (unpaired) electrons. The molecule has 1 aromatic carbocycles. The van der Waals surface area contributed by atoms with Crippen LogP contribution in [0.2, 0.25) is 0 Å². The lowest BCUT2D eigenvalue weighted by molar-refractivity contribution is -0.131. The molecule has 0 aliphatic rings. The van der Waals surface area contributed by atoms with Crippen molar-refractivity contribution in [2.24, 2.45) is 0 Å². The van der Waals surface area contributed by atoms with Gasteiger partial charge in [-0.1, -0.05) is 22.0 Å². The van der Waals surface area contributed by atoms with Gasteiger partial charge in [0, 0.05) is 11.5 Å². The maximum atomic E-state index is 12.0. The molecule has 0 spiro atoms. The Bertz CT molecular complexity index is 765. The summed E-state index contributed by atoms with van der Waals surface area (Å²) < 4.78 is 6.52. The number of benzene rings is 1. The summed E-state index contributed by atoms with van der Waals surface area (Å²) in [5.41, 5.74) is 0. The second-order valence-corrected chi connectivity index (χ2v) is 7.42. The van der Waals surface area contributed by atoms with E-state index in [1.54, 1.807) is 24.6 Å². The van der Waals surface area contributed by atoms with E-state index in [4.69, 9.17) is 4.74 Å². The van der Waals surface area contributed by atoms with E-state index in [0.29, 0.717) is 23.8 Å². The average molecular weight is 454 g/mol. The zero-order chi connectivity index (χ0) is 19.6. The maximum Gasteiger partial charge on any atom is 0.261 e. The zero-order valence-electron chi connectivity index (χ0n) is 14.7. The molecule has 2 aromatic rings. The van der Waals surface area contributed by atoms with E-state index in [1.165, 1.54) is 16.2 Å². The number of ether oxygens (including phenoxy) is 1. The fourth-order valence-electron chi connectivity index (χ4n) is 1.98. The Morgan fingerprint density at radius 1 is 1.11 bits per heavy atom. The largest absolute Gasteiger partial charge is 0.492 e. The number of likely N-dealkylation sites (N-methyl/N-ethyl adjacent to an activating group) is 1. The van der Waals surface area contributed by atoms with Crippen LogP contribution in [0.1, 0.15) is 9.67 Å². The fraction of sp³-hybridized carbons (Fsp3) is 0.278. The monoisotopic (exact) mass is 453 g/mol. The minimum atomic E-state index is -0.423. The standard InChI is InChI=1S/C18H20BrN3O4S/c1-22(8-9-26-14-6-4-13(19)5-7-14)17(24)12-20-16(23)11-21-18(25)15-3-2-10-27-15/h2-7,10H,8-9,11-12H2,1H3,(H,20,23)(H,21,25). The molecule has 2 N–H and O–H groups in total. The Hall–Kier alpha value is -2.39. The fourth-order valence-corrected chi connectivity index (χ4v) is 2.89. The smallest absolute Gasteiger partial charge is 0.261 e. The number of amides is 3. The number of nitrogens with zero attached hydrogens (tertiary/aromatic N) is 1. The molecule has 0 fully saturated rings. The molecule has 0 bridgehead atoms.